The molecule has 0 spiro atoms. The lowest BCUT2D eigenvalue weighted by Crippen LogP contribution is -2.14. The number of fused-ring (bicyclic) bond motifs is 4. The fraction of sp³-hybridized carbons (Fsp3) is 0.286. The van der Waals surface area contributed by atoms with Crippen LogP contribution in [0.5, 0.6) is 0 Å². The third-order valence-electron chi connectivity index (χ3n) is 5.38. The van der Waals surface area contributed by atoms with Crippen molar-refractivity contribution in [1.82, 2.24) is 14.4 Å². The molecule has 28 heavy (non-hydrogen) atoms. The quantitative estimate of drug-likeness (QED) is 0.538. The third-order valence-corrected chi connectivity index (χ3v) is 6.13. The number of hydrogen-bond acceptors (Lipinski definition) is 5. The van der Waals surface area contributed by atoms with Crippen molar-refractivity contribution in [3.63, 3.8) is 0 Å². The van der Waals surface area contributed by atoms with Crippen LogP contribution in [0.25, 0.3) is 15.9 Å². The second kappa shape index (κ2) is 6.60. The Bertz CT molecular complexity index is 1270. The summed E-state index contributed by atoms with van der Waals surface area (Å²) >= 11 is 1.37. The summed E-state index contributed by atoms with van der Waals surface area (Å²) < 4.78 is 6.90. The average molecular weight is 393 g/mol. The molecule has 7 heteroatoms. The van der Waals surface area contributed by atoms with Crippen LogP contribution in [0.2, 0.25) is 0 Å². The molecule has 0 unspecified atom stereocenters. The second-order valence-electron chi connectivity index (χ2n) is 7.41. The van der Waals surface area contributed by atoms with Gasteiger partial charge in [0.1, 0.15) is 6.61 Å². The average Bonchev–Trinajstić information content (AvgIpc) is 3.30. The number of carbonyl (C=O) groups is 1. The second-order valence-corrected chi connectivity index (χ2v) is 8.28. The molecule has 0 radical (unpaired) electrons. The van der Waals surface area contributed by atoms with Gasteiger partial charge in [-0.15, -0.1) is 11.3 Å². The Hall–Kier alpha value is -2.93. The molecule has 1 N–H and O–H groups in total. The Labute approximate surface area is 164 Å². The Morgan fingerprint density at radius 1 is 1.39 bits per heavy atom. The van der Waals surface area contributed by atoms with E-state index < -0.39 is 5.97 Å². The zero-order chi connectivity index (χ0) is 19.3. The van der Waals surface area contributed by atoms with E-state index in [9.17, 15) is 9.59 Å². The van der Waals surface area contributed by atoms with Gasteiger partial charge in [-0.25, -0.2) is 9.78 Å². The maximum absolute atomic E-state index is 12.6. The Morgan fingerprint density at radius 2 is 2.29 bits per heavy atom. The number of thiazole rings is 1. The van der Waals surface area contributed by atoms with E-state index in [0.29, 0.717) is 22.1 Å². The molecule has 6 nitrogen and oxygen atoms in total. The van der Waals surface area contributed by atoms with Crippen LogP contribution in [0, 0.1) is 5.92 Å². The first kappa shape index (κ1) is 17.2. The molecule has 5 rings (SSSR count). The van der Waals surface area contributed by atoms with Crippen molar-refractivity contribution in [2.45, 2.75) is 32.8 Å². The third kappa shape index (κ3) is 2.92. The van der Waals surface area contributed by atoms with Gasteiger partial charge in [-0.2, -0.15) is 0 Å². The van der Waals surface area contributed by atoms with Gasteiger partial charge >= 0.3 is 5.97 Å². The number of nitrogens with zero attached hydrogens (tertiary/aromatic N) is 2. The number of rotatable bonds is 3. The minimum Gasteiger partial charge on any atom is -0.456 e. The molecular weight excluding hydrogens is 374 g/mol. The molecule has 1 aliphatic carbocycles. The van der Waals surface area contributed by atoms with Gasteiger partial charge in [0.05, 0.1) is 11.3 Å². The van der Waals surface area contributed by atoms with Crippen LogP contribution >= 0.6 is 11.3 Å². The summed E-state index contributed by atoms with van der Waals surface area (Å²) in [5, 5.41) is 2.90. The van der Waals surface area contributed by atoms with Crippen LogP contribution in [0.4, 0.5) is 0 Å². The largest absolute Gasteiger partial charge is 0.456 e. The van der Waals surface area contributed by atoms with E-state index in [4.69, 9.17) is 4.74 Å². The van der Waals surface area contributed by atoms with E-state index in [1.807, 2.05) is 12.1 Å². The Balaban J connectivity index is 1.39. The first-order valence-corrected chi connectivity index (χ1v) is 10.2. The summed E-state index contributed by atoms with van der Waals surface area (Å²) in [5.41, 5.74) is 4.46. The fourth-order valence-electron chi connectivity index (χ4n) is 3.90. The van der Waals surface area contributed by atoms with E-state index >= 15 is 0 Å². The number of esters is 1. The molecular formula is C21H19N3O3S. The molecule has 4 aromatic rings. The maximum Gasteiger partial charge on any atom is 0.338 e. The number of aryl methyl sites for hydroxylation is 1. The van der Waals surface area contributed by atoms with Gasteiger partial charge in [0.2, 0.25) is 0 Å². The lowest BCUT2D eigenvalue weighted by Gasteiger charge is -2.18. The summed E-state index contributed by atoms with van der Waals surface area (Å²) in [6.07, 6.45) is 4.95. The number of aromatic nitrogens is 3. The summed E-state index contributed by atoms with van der Waals surface area (Å²) in [6, 6.07) is 7.04. The van der Waals surface area contributed by atoms with Gasteiger partial charge < -0.3 is 9.72 Å². The lowest BCUT2D eigenvalue weighted by molar-refractivity contribution is 0.0468. The van der Waals surface area contributed by atoms with Gasteiger partial charge in [0.15, 0.2) is 4.96 Å². The van der Waals surface area contributed by atoms with E-state index in [-0.39, 0.29) is 12.2 Å². The zero-order valence-corrected chi connectivity index (χ0v) is 16.2. The molecule has 0 aliphatic heterocycles. The smallest absolute Gasteiger partial charge is 0.338 e. The fourth-order valence-corrected chi connectivity index (χ4v) is 4.64. The summed E-state index contributed by atoms with van der Waals surface area (Å²) in [5.74, 6) is 0.244. The number of carbonyl (C=O) groups excluding carboxylic acids is 1. The predicted octanol–water partition coefficient (Wildman–Crippen LogP) is 3.72. The SMILES string of the molecule is C[C@@H]1CCc2[nH]c3ccc(C(=O)OCc4cc(=O)n5ccsc5n4)cc3c2C1. The van der Waals surface area contributed by atoms with Crippen LogP contribution < -0.4 is 5.56 Å². The highest BCUT2D eigenvalue weighted by Gasteiger charge is 2.21. The maximum atomic E-state index is 12.6. The highest BCUT2D eigenvalue weighted by molar-refractivity contribution is 7.15. The summed E-state index contributed by atoms with van der Waals surface area (Å²) in [7, 11) is 0. The van der Waals surface area contributed by atoms with E-state index in [2.05, 4.69) is 16.9 Å². The lowest BCUT2D eigenvalue weighted by atomic mass is 9.87. The number of benzene rings is 1. The molecule has 0 saturated carbocycles. The minimum atomic E-state index is -0.408. The first-order valence-electron chi connectivity index (χ1n) is 9.35. The Morgan fingerprint density at radius 3 is 3.18 bits per heavy atom. The molecule has 0 fully saturated rings. The van der Waals surface area contributed by atoms with Gasteiger partial charge in [0, 0.05) is 34.2 Å². The van der Waals surface area contributed by atoms with Gasteiger partial charge in [-0.3, -0.25) is 9.20 Å². The standard InChI is InChI=1S/C21H19N3O3S/c1-12-2-4-17-15(8-12)16-9-13(3-5-18(16)23-17)20(26)27-11-14-10-19(25)24-6-7-28-21(24)22-14/h3,5-7,9-10,12,23H,2,4,8,11H2,1H3/t12-/m1/s1. The van der Waals surface area contributed by atoms with Gasteiger partial charge in [-0.05, 0) is 48.9 Å². The normalized spacial score (nSPS) is 16.4. The zero-order valence-electron chi connectivity index (χ0n) is 15.4. The van der Waals surface area contributed by atoms with Crippen molar-refractivity contribution in [3.05, 3.63) is 68.7 Å². The molecule has 1 aliphatic rings. The van der Waals surface area contributed by atoms with E-state index in [1.54, 1.807) is 17.6 Å². The van der Waals surface area contributed by atoms with Crippen molar-refractivity contribution in [3.8, 4) is 0 Å². The van der Waals surface area contributed by atoms with E-state index in [0.717, 1.165) is 23.7 Å². The van der Waals surface area contributed by atoms with E-state index in [1.165, 1.54) is 39.5 Å². The van der Waals surface area contributed by atoms with Crippen LogP contribution in [-0.2, 0) is 24.2 Å². The van der Waals surface area contributed by atoms with Crippen LogP contribution in [-0.4, -0.2) is 20.3 Å². The predicted molar refractivity (Wildman–Crippen MR) is 108 cm³/mol. The van der Waals surface area contributed by atoms with Crippen molar-refractivity contribution in [2.75, 3.05) is 0 Å². The summed E-state index contributed by atoms with van der Waals surface area (Å²) in [6.45, 7) is 2.24. The molecule has 1 aromatic carbocycles. The van der Waals surface area contributed by atoms with Crippen molar-refractivity contribution in [2.24, 2.45) is 5.92 Å². The highest BCUT2D eigenvalue weighted by atomic mass is 32.1. The van der Waals surface area contributed by atoms with Crippen LogP contribution in [0.3, 0.4) is 0 Å². The van der Waals surface area contributed by atoms with Gasteiger partial charge in [-0.1, -0.05) is 6.92 Å². The summed E-state index contributed by atoms with van der Waals surface area (Å²) in [4.78, 5) is 33.1. The number of ether oxygens (including phenoxy) is 1. The molecule has 0 bridgehead atoms. The molecule has 0 saturated heterocycles. The molecule has 0 amide bonds. The monoisotopic (exact) mass is 393 g/mol. The topological polar surface area (TPSA) is 76.5 Å². The van der Waals surface area contributed by atoms with Crippen molar-refractivity contribution >= 4 is 33.2 Å². The van der Waals surface area contributed by atoms with Crippen molar-refractivity contribution < 1.29 is 9.53 Å². The molecule has 3 heterocycles. The van der Waals surface area contributed by atoms with Crippen molar-refractivity contribution in [1.29, 1.82) is 0 Å². The van der Waals surface area contributed by atoms with Gasteiger partial charge in [0.25, 0.3) is 5.56 Å². The first-order chi connectivity index (χ1) is 13.6. The Kier molecular flexibility index (Phi) is 4.05. The van der Waals surface area contributed by atoms with Crippen LogP contribution in [0.1, 0.15) is 40.7 Å². The molecule has 142 valence electrons. The highest BCUT2D eigenvalue weighted by Crippen LogP contribution is 2.32. The van der Waals surface area contributed by atoms with Crippen LogP contribution in [0.15, 0.2) is 40.6 Å². The number of aromatic amines is 1. The molecule has 1 atom stereocenters. The molecule has 3 aromatic heterocycles. The number of hydrogen-bond donors (Lipinski definition) is 1. The minimum absolute atomic E-state index is 0.0250. The number of nitrogens with one attached hydrogen (secondary N) is 1. The number of H-pyrrole nitrogens is 1.